The maximum atomic E-state index is 11.5. The Balaban J connectivity index is 1.64. The molecule has 3 aliphatic rings. The molecule has 2 atom stereocenters. The normalized spacial score (nSPS) is 21.7. The molecule has 0 N–H and O–H groups in total. The minimum atomic E-state index is -0.406. The number of benzene rings is 2. The molecule has 6 rings (SSSR count). The first-order valence-corrected chi connectivity index (χ1v) is 12.5. The molecule has 1 aromatic heterocycles. The lowest BCUT2D eigenvalue weighted by Crippen LogP contribution is -2.48. The zero-order chi connectivity index (χ0) is 23.2. The first-order chi connectivity index (χ1) is 15.9. The number of allylic oxidation sites excluding steroid dienone is 2. The number of aromatic nitrogens is 1. The van der Waals surface area contributed by atoms with Gasteiger partial charge in [0.15, 0.2) is 0 Å². The molecule has 0 saturated heterocycles. The quantitative estimate of drug-likeness (QED) is 0.206. The van der Waals surface area contributed by atoms with E-state index in [1.54, 1.807) is 22.9 Å². The van der Waals surface area contributed by atoms with Crippen molar-refractivity contribution in [1.29, 1.82) is 0 Å². The van der Waals surface area contributed by atoms with Gasteiger partial charge in [0.1, 0.15) is 5.69 Å². The van der Waals surface area contributed by atoms with Gasteiger partial charge in [-0.15, -0.1) is 11.3 Å². The maximum Gasteiger partial charge on any atom is 0.294 e. The molecule has 2 unspecified atom stereocenters. The molecule has 1 heterocycles. The van der Waals surface area contributed by atoms with Crippen molar-refractivity contribution in [2.75, 3.05) is 0 Å². The van der Waals surface area contributed by atoms with Gasteiger partial charge in [0, 0.05) is 21.5 Å². The van der Waals surface area contributed by atoms with Crippen molar-refractivity contribution in [1.82, 2.24) is 4.68 Å². The molecule has 2 bridgehead atoms. The molecule has 0 radical (unpaired) electrons. The number of nitrogens with zero attached hydrogens (tertiary/aromatic N) is 4. The molecule has 1 saturated carbocycles. The van der Waals surface area contributed by atoms with E-state index in [4.69, 9.17) is 5.10 Å². The highest BCUT2D eigenvalue weighted by Gasteiger charge is 2.50. The van der Waals surface area contributed by atoms with Crippen LogP contribution in [0.4, 0.5) is 11.4 Å². The van der Waals surface area contributed by atoms with Gasteiger partial charge in [-0.1, -0.05) is 66.2 Å². The van der Waals surface area contributed by atoms with Crippen molar-refractivity contribution in [2.45, 2.75) is 26.7 Å². The lowest BCUT2D eigenvalue weighted by Gasteiger charge is -2.55. The van der Waals surface area contributed by atoms with E-state index in [0.717, 1.165) is 28.1 Å². The SMILES string of the molecule is CC1(C)C2CC=C(C=Nn3c(-c4ccccc4Br)csc3=Nc3ccccc3[N+](=O)[O-])C1C2. The molecule has 6 nitrogen and oxygen atoms in total. The van der Waals surface area contributed by atoms with Crippen LogP contribution in [0.5, 0.6) is 0 Å². The van der Waals surface area contributed by atoms with Gasteiger partial charge in [0.05, 0.1) is 16.8 Å². The number of nitro groups is 1. The maximum absolute atomic E-state index is 11.5. The third kappa shape index (κ3) is 3.91. The largest absolute Gasteiger partial charge is 0.294 e. The summed E-state index contributed by atoms with van der Waals surface area (Å²) in [5.74, 6) is 1.27. The van der Waals surface area contributed by atoms with Gasteiger partial charge in [0.2, 0.25) is 4.80 Å². The summed E-state index contributed by atoms with van der Waals surface area (Å²) < 4.78 is 2.74. The third-order valence-corrected chi connectivity index (χ3v) is 8.47. The molecule has 168 valence electrons. The summed E-state index contributed by atoms with van der Waals surface area (Å²) >= 11 is 5.05. The van der Waals surface area contributed by atoms with Crippen molar-refractivity contribution in [2.24, 2.45) is 27.3 Å². The van der Waals surface area contributed by atoms with Crippen LogP contribution in [0.2, 0.25) is 0 Å². The number of thiazole rings is 1. The van der Waals surface area contributed by atoms with E-state index in [1.807, 2.05) is 35.9 Å². The van der Waals surface area contributed by atoms with Crippen LogP contribution in [0.15, 0.2) is 80.1 Å². The highest BCUT2D eigenvalue weighted by Crippen LogP contribution is 2.58. The van der Waals surface area contributed by atoms with Crippen LogP contribution in [0.25, 0.3) is 11.3 Å². The van der Waals surface area contributed by atoms with Crippen LogP contribution in [0.3, 0.4) is 0 Å². The van der Waals surface area contributed by atoms with Gasteiger partial charge in [-0.05, 0) is 47.8 Å². The highest BCUT2D eigenvalue weighted by molar-refractivity contribution is 9.10. The molecule has 3 aliphatic carbocycles. The van der Waals surface area contributed by atoms with E-state index in [1.165, 1.54) is 29.4 Å². The summed E-state index contributed by atoms with van der Waals surface area (Å²) in [6, 6.07) is 14.5. The Hall–Kier alpha value is -2.84. The fourth-order valence-electron chi connectivity index (χ4n) is 4.83. The first kappa shape index (κ1) is 22.0. The van der Waals surface area contributed by atoms with Crippen LogP contribution >= 0.6 is 27.3 Å². The summed E-state index contributed by atoms with van der Waals surface area (Å²) in [6.07, 6.45) is 6.55. The second kappa shape index (κ2) is 8.50. The Labute approximate surface area is 204 Å². The molecule has 8 heteroatoms. The van der Waals surface area contributed by atoms with Crippen LogP contribution in [0.1, 0.15) is 26.7 Å². The van der Waals surface area contributed by atoms with Gasteiger partial charge in [0.25, 0.3) is 5.69 Å². The van der Waals surface area contributed by atoms with Gasteiger partial charge in [-0.2, -0.15) is 5.10 Å². The Morgan fingerprint density at radius 1 is 1.21 bits per heavy atom. The topological polar surface area (TPSA) is 72.8 Å². The molecule has 0 aliphatic heterocycles. The molecule has 0 amide bonds. The summed E-state index contributed by atoms with van der Waals surface area (Å²) in [5.41, 5.74) is 3.71. The van der Waals surface area contributed by atoms with Gasteiger partial charge >= 0.3 is 0 Å². The summed E-state index contributed by atoms with van der Waals surface area (Å²) in [5, 5.41) is 18.4. The number of nitro benzene ring substituents is 1. The second-order valence-corrected chi connectivity index (χ2v) is 10.7. The standard InChI is InChI=1S/C25H23BrN4O2S/c1-25(2)17-12-11-16(19(25)13-17)14-27-29-23(18-7-3-4-8-20(18)26)15-33-24(29)28-21-9-5-6-10-22(21)30(31)32/h3-11,14-15,17,19H,12-13H2,1-2H3. The monoisotopic (exact) mass is 522 g/mol. The van der Waals surface area contributed by atoms with Gasteiger partial charge in [-0.25, -0.2) is 9.67 Å². The van der Waals surface area contributed by atoms with E-state index in [9.17, 15) is 10.1 Å². The van der Waals surface area contributed by atoms with Crippen LogP contribution in [-0.2, 0) is 0 Å². The average molecular weight is 523 g/mol. The fraction of sp³-hybridized carbons (Fsp3) is 0.280. The number of hydrogen-bond acceptors (Lipinski definition) is 5. The molecular formula is C25H23BrN4O2S. The zero-order valence-electron chi connectivity index (χ0n) is 18.3. The molecule has 33 heavy (non-hydrogen) atoms. The van der Waals surface area contributed by atoms with Crippen molar-refractivity contribution >= 4 is 44.9 Å². The third-order valence-electron chi connectivity index (χ3n) is 6.96. The number of para-hydroxylation sites is 2. The lowest BCUT2D eigenvalue weighted by atomic mass is 9.49. The van der Waals surface area contributed by atoms with Crippen molar-refractivity contribution < 1.29 is 4.92 Å². The Morgan fingerprint density at radius 2 is 1.97 bits per heavy atom. The lowest BCUT2D eigenvalue weighted by molar-refractivity contribution is -0.384. The zero-order valence-corrected chi connectivity index (χ0v) is 20.7. The summed E-state index contributed by atoms with van der Waals surface area (Å²) in [7, 11) is 0. The van der Waals surface area contributed by atoms with Crippen LogP contribution < -0.4 is 4.80 Å². The molecule has 3 aromatic rings. The number of fused-ring (bicyclic) bond motifs is 1. The van der Waals surface area contributed by atoms with Crippen LogP contribution in [0, 0.1) is 27.4 Å². The van der Waals surface area contributed by atoms with Crippen molar-refractivity contribution in [3.8, 4) is 11.3 Å². The van der Waals surface area contributed by atoms with Gasteiger partial charge < -0.3 is 0 Å². The minimum Gasteiger partial charge on any atom is -0.258 e. The Kier molecular flexibility index (Phi) is 5.66. The molecule has 2 aromatic carbocycles. The Morgan fingerprint density at radius 3 is 2.70 bits per heavy atom. The average Bonchev–Trinajstić information content (AvgIpc) is 3.20. The predicted molar refractivity (Wildman–Crippen MR) is 136 cm³/mol. The molecular weight excluding hydrogens is 500 g/mol. The molecule has 1 fully saturated rings. The second-order valence-electron chi connectivity index (χ2n) is 9.04. The van der Waals surface area contributed by atoms with E-state index >= 15 is 0 Å². The minimum absolute atomic E-state index is 0.0267. The summed E-state index contributed by atoms with van der Waals surface area (Å²) in [6.45, 7) is 4.68. The molecule has 0 spiro atoms. The van der Waals surface area contributed by atoms with E-state index < -0.39 is 4.92 Å². The fourth-order valence-corrected chi connectivity index (χ4v) is 6.16. The number of rotatable bonds is 5. The summed E-state index contributed by atoms with van der Waals surface area (Å²) in [4.78, 5) is 16.3. The van der Waals surface area contributed by atoms with E-state index in [2.05, 4.69) is 40.8 Å². The van der Waals surface area contributed by atoms with Gasteiger partial charge in [-0.3, -0.25) is 10.1 Å². The number of halogens is 1. The predicted octanol–water partition coefficient (Wildman–Crippen LogP) is 6.95. The van der Waals surface area contributed by atoms with Crippen molar-refractivity contribution in [3.63, 3.8) is 0 Å². The van der Waals surface area contributed by atoms with E-state index in [-0.39, 0.29) is 5.69 Å². The number of hydrogen-bond donors (Lipinski definition) is 0. The van der Waals surface area contributed by atoms with Crippen LogP contribution in [-0.4, -0.2) is 15.8 Å². The van der Waals surface area contributed by atoms with Crippen molar-refractivity contribution in [3.05, 3.63) is 84.9 Å². The smallest absolute Gasteiger partial charge is 0.258 e. The Bertz CT molecular complexity index is 1370. The first-order valence-electron chi connectivity index (χ1n) is 10.8. The van der Waals surface area contributed by atoms with E-state index in [0.29, 0.717) is 21.8 Å². The highest BCUT2D eigenvalue weighted by atomic mass is 79.9.